The van der Waals surface area contributed by atoms with Crippen LogP contribution in [0.4, 0.5) is 0 Å². The van der Waals surface area contributed by atoms with Crippen LogP contribution < -0.4 is 0 Å². The number of rotatable bonds is 1. The van der Waals surface area contributed by atoms with Gasteiger partial charge in [-0.3, -0.25) is 0 Å². The van der Waals surface area contributed by atoms with Gasteiger partial charge in [-0.1, -0.05) is 30.3 Å². The second kappa shape index (κ2) is 2.51. The Kier molecular flexibility index (Phi) is 1.51. The fourth-order valence-electron chi connectivity index (χ4n) is 1.45. The van der Waals surface area contributed by atoms with Gasteiger partial charge in [0.25, 0.3) is 0 Å². The van der Waals surface area contributed by atoms with E-state index in [-0.39, 0.29) is 6.61 Å². The van der Waals surface area contributed by atoms with Crippen molar-refractivity contribution >= 4 is 6.08 Å². The molecule has 0 heterocycles. The van der Waals surface area contributed by atoms with Gasteiger partial charge in [0.1, 0.15) is 0 Å². The lowest BCUT2D eigenvalue weighted by molar-refractivity contribution is 0.330. The van der Waals surface area contributed by atoms with Gasteiger partial charge in [0.15, 0.2) is 0 Å². The summed E-state index contributed by atoms with van der Waals surface area (Å²) in [6, 6.07) is 8.25. The highest BCUT2D eigenvalue weighted by Gasteiger charge is 2.09. The molecule has 11 heavy (non-hydrogen) atoms. The van der Waals surface area contributed by atoms with E-state index in [1.54, 1.807) is 0 Å². The number of aliphatic hydroxyl groups excluding tert-OH is 1. The van der Waals surface area contributed by atoms with Crippen LogP contribution in [0.5, 0.6) is 0 Å². The molecule has 0 bridgehead atoms. The molecule has 0 amide bonds. The second-order valence-electron chi connectivity index (χ2n) is 2.84. The van der Waals surface area contributed by atoms with Crippen molar-refractivity contribution in [3.05, 3.63) is 41.0 Å². The molecule has 0 atom stereocenters. The minimum absolute atomic E-state index is 0.189. The zero-order chi connectivity index (χ0) is 7.68. The molecule has 0 saturated carbocycles. The normalized spacial score (nSPS) is 14.5. The van der Waals surface area contributed by atoms with Crippen molar-refractivity contribution in [1.82, 2.24) is 0 Å². The van der Waals surface area contributed by atoms with Crippen LogP contribution in [0.15, 0.2) is 29.8 Å². The molecule has 1 aliphatic carbocycles. The molecule has 1 N–H and O–H groups in total. The predicted molar refractivity (Wildman–Crippen MR) is 45.2 cm³/mol. The first-order chi connectivity index (χ1) is 5.40. The quantitative estimate of drug-likeness (QED) is 0.638. The molecule has 0 fully saturated rings. The number of aliphatic hydroxyl groups is 1. The average Bonchev–Trinajstić information content (AvgIpc) is 2.46. The number of hydrogen-bond donors (Lipinski definition) is 1. The van der Waals surface area contributed by atoms with Gasteiger partial charge in [-0.05, 0) is 23.1 Å². The lowest BCUT2D eigenvalue weighted by Crippen LogP contribution is -1.88. The van der Waals surface area contributed by atoms with Gasteiger partial charge >= 0.3 is 0 Å². The van der Waals surface area contributed by atoms with E-state index in [1.165, 1.54) is 11.1 Å². The van der Waals surface area contributed by atoms with Gasteiger partial charge in [0.05, 0.1) is 6.61 Å². The predicted octanol–water partition coefficient (Wildman–Crippen LogP) is 1.62. The van der Waals surface area contributed by atoms with E-state index >= 15 is 0 Å². The Morgan fingerprint density at radius 1 is 1.27 bits per heavy atom. The highest BCUT2D eigenvalue weighted by Crippen LogP contribution is 2.23. The Labute approximate surface area is 66.0 Å². The Morgan fingerprint density at radius 3 is 2.82 bits per heavy atom. The molecular formula is C10H10O. The summed E-state index contributed by atoms with van der Waals surface area (Å²) in [5, 5.41) is 8.87. The van der Waals surface area contributed by atoms with Crippen molar-refractivity contribution in [2.75, 3.05) is 6.61 Å². The average molecular weight is 146 g/mol. The van der Waals surface area contributed by atoms with Crippen molar-refractivity contribution in [3.8, 4) is 0 Å². The summed E-state index contributed by atoms with van der Waals surface area (Å²) in [6.07, 6.45) is 2.99. The molecule has 0 spiro atoms. The first-order valence-electron chi connectivity index (χ1n) is 3.78. The lowest BCUT2D eigenvalue weighted by atomic mass is 10.1. The first-order valence-corrected chi connectivity index (χ1v) is 3.78. The SMILES string of the molecule is OCC1=Cc2ccccc2C1. The molecule has 0 unspecified atom stereocenters. The van der Waals surface area contributed by atoms with Gasteiger partial charge in [0, 0.05) is 0 Å². The smallest absolute Gasteiger partial charge is 0.0648 e. The minimum atomic E-state index is 0.189. The van der Waals surface area contributed by atoms with Crippen LogP contribution in [0.1, 0.15) is 11.1 Å². The van der Waals surface area contributed by atoms with E-state index < -0.39 is 0 Å². The van der Waals surface area contributed by atoms with E-state index in [4.69, 9.17) is 5.11 Å². The summed E-state index contributed by atoms with van der Waals surface area (Å²) >= 11 is 0. The summed E-state index contributed by atoms with van der Waals surface area (Å²) in [5.41, 5.74) is 3.71. The van der Waals surface area contributed by atoms with E-state index in [9.17, 15) is 0 Å². The molecule has 1 aromatic carbocycles. The molecule has 2 rings (SSSR count). The second-order valence-corrected chi connectivity index (χ2v) is 2.84. The van der Waals surface area contributed by atoms with Gasteiger partial charge < -0.3 is 5.11 Å². The number of fused-ring (bicyclic) bond motifs is 1. The standard InChI is InChI=1S/C10H10O/c11-7-8-5-9-3-1-2-4-10(9)6-8/h1-5,11H,6-7H2. The molecule has 0 aromatic heterocycles. The zero-order valence-electron chi connectivity index (χ0n) is 6.25. The fourth-order valence-corrected chi connectivity index (χ4v) is 1.45. The Hall–Kier alpha value is -1.08. The van der Waals surface area contributed by atoms with Gasteiger partial charge in [-0.15, -0.1) is 0 Å². The molecule has 1 heteroatoms. The number of benzene rings is 1. The maximum atomic E-state index is 8.87. The van der Waals surface area contributed by atoms with Crippen LogP contribution in [0.3, 0.4) is 0 Å². The van der Waals surface area contributed by atoms with Crippen LogP contribution in [-0.2, 0) is 6.42 Å². The molecule has 0 radical (unpaired) electrons. The molecule has 56 valence electrons. The van der Waals surface area contributed by atoms with Crippen LogP contribution in [0.25, 0.3) is 6.08 Å². The molecule has 1 aromatic rings. The lowest BCUT2D eigenvalue weighted by Gasteiger charge is -1.95. The third-order valence-corrected chi connectivity index (χ3v) is 2.04. The van der Waals surface area contributed by atoms with Crippen molar-refractivity contribution in [2.24, 2.45) is 0 Å². The van der Waals surface area contributed by atoms with Gasteiger partial charge in [-0.25, -0.2) is 0 Å². The van der Waals surface area contributed by atoms with Crippen molar-refractivity contribution in [2.45, 2.75) is 6.42 Å². The summed E-state index contributed by atoms with van der Waals surface area (Å²) in [7, 11) is 0. The molecule has 1 aliphatic rings. The topological polar surface area (TPSA) is 20.2 Å². The fraction of sp³-hybridized carbons (Fsp3) is 0.200. The summed E-state index contributed by atoms with van der Waals surface area (Å²) in [6.45, 7) is 0.189. The maximum Gasteiger partial charge on any atom is 0.0648 e. The summed E-state index contributed by atoms with van der Waals surface area (Å²) in [5.74, 6) is 0. The minimum Gasteiger partial charge on any atom is -0.392 e. The van der Waals surface area contributed by atoms with E-state index in [2.05, 4.69) is 18.2 Å². The van der Waals surface area contributed by atoms with Gasteiger partial charge in [0.2, 0.25) is 0 Å². The molecule has 1 nitrogen and oxygen atoms in total. The molecular weight excluding hydrogens is 136 g/mol. The summed E-state index contributed by atoms with van der Waals surface area (Å²) < 4.78 is 0. The largest absolute Gasteiger partial charge is 0.392 e. The van der Waals surface area contributed by atoms with E-state index in [1.807, 2.05) is 12.1 Å². The Morgan fingerprint density at radius 2 is 2.09 bits per heavy atom. The monoisotopic (exact) mass is 146 g/mol. The zero-order valence-corrected chi connectivity index (χ0v) is 6.25. The van der Waals surface area contributed by atoms with Crippen LogP contribution in [0, 0.1) is 0 Å². The Balaban J connectivity index is 2.39. The summed E-state index contributed by atoms with van der Waals surface area (Å²) in [4.78, 5) is 0. The Bertz CT molecular complexity index is 299. The third-order valence-electron chi connectivity index (χ3n) is 2.04. The molecule has 0 saturated heterocycles. The van der Waals surface area contributed by atoms with Crippen LogP contribution in [-0.4, -0.2) is 11.7 Å². The highest BCUT2D eigenvalue weighted by atomic mass is 16.3. The first kappa shape index (κ1) is 6.62. The molecule has 0 aliphatic heterocycles. The van der Waals surface area contributed by atoms with Gasteiger partial charge in [-0.2, -0.15) is 0 Å². The highest BCUT2D eigenvalue weighted by molar-refractivity contribution is 5.63. The number of hydrogen-bond acceptors (Lipinski definition) is 1. The van der Waals surface area contributed by atoms with Crippen molar-refractivity contribution < 1.29 is 5.11 Å². The van der Waals surface area contributed by atoms with Crippen LogP contribution in [0.2, 0.25) is 0 Å². The maximum absolute atomic E-state index is 8.87. The van der Waals surface area contributed by atoms with E-state index in [0.717, 1.165) is 12.0 Å². The third kappa shape index (κ3) is 1.08. The van der Waals surface area contributed by atoms with Crippen molar-refractivity contribution in [1.29, 1.82) is 0 Å². The van der Waals surface area contributed by atoms with E-state index in [0.29, 0.717) is 0 Å². The van der Waals surface area contributed by atoms with Crippen LogP contribution >= 0.6 is 0 Å². The van der Waals surface area contributed by atoms with Crippen molar-refractivity contribution in [3.63, 3.8) is 0 Å².